The van der Waals surface area contributed by atoms with Gasteiger partial charge in [0.2, 0.25) is 5.91 Å². The summed E-state index contributed by atoms with van der Waals surface area (Å²) in [4.78, 5) is 26.1. The number of nitrogens with one attached hydrogen (secondary N) is 1. The van der Waals surface area contributed by atoms with Gasteiger partial charge in [0, 0.05) is 6.42 Å². The first-order valence-corrected chi connectivity index (χ1v) is 27.0. The second-order valence-electron chi connectivity index (χ2n) is 17.9. The van der Waals surface area contributed by atoms with Gasteiger partial charge in [-0.1, -0.05) is 234 Å². The quantitative estimate of drug-likeness (QED) is 0.0321. The summed E-state index contributed by atoms with van der Waals surface area (Å²) >= 11 is 0. The average Bonchev–Trinajstić information content (AvgIpc) is 3.30. The highest BCUT2D eigenvalue weighted by Crippen LogP contribution is 2.16. The van der Waals surface area contributed by atoms with Gasteiger partial charge in [-0.2, -0.15) is 0 Å². The Kier molecular flexibility index (Phi) is 49.2. The normalized spacial score (nSPS) is 14.0. The molecule has 0 fully saturated rings. The van der Waals surface area contributed by atoms with Crippen molar-refractivity contribution in [3.8, 4) is 0 Å². The molecule has 0 heterocycles. The predicted octanol–water partition coefficient (Wildman–Crippen LogP) is 16.5. The Morgan fingerprint density at radius 3 is 1.34 bits per heavy atom. The highest BCUT2D eigenvalue weighted by molar-refractivity contribution is 5.78. The van der Waals surface area contributed by atoms with Crippen LogP contribution in [0.25, 0.3) is 0 Å². The van der Waals surface area contributed by atoms with Crippen molar-refractivity contribution in [3.63, 3.8) is 0 Å². The van der Waals surface area contributed by atoms with E-state index in [1.165, 1.54) is 103 Å². The largest absolute Gasteiger partial charge is 0.458 e. The van der Waals surface area contributed by atoms with E-state index in [1.54, 1.807) is 6.08 Å². The van der Waals surface area contributed by atoms with E-state index in [-0.39, 0.29) is 24.9 Å². The molecule has 3 atom stereocenters. The number of ether oxygens (including phenoxy) is 1. The predicted molar refractivity (Wildman–Crippen MR) is 282 cm³/mol. The number of rotatable bonds is 47. The second-order valence-corrected chi connectivity index (χ2v) is 17.9. The van der Waals surface area contributed by atoms with Gasteiger partial charge in [0.25, 0.3) is 0 Å². The molecule has 0 saturated heterocycles. The van der Waals surface area contributed by atoms with Crippen LogP contribution in [-0.4, -0.2) is 46.9 Å². The van der Waals surface area contributed by atoms with Crippen LogP contribution in [0.4, 0.5) is 0 Å². The van der Waals surface area contributed by atoms with Gasteiger partial charge >= 0.3 is 5.97 Å². The van der Waals surface area contributed by atoms with Crippen LogP contribution in [0.1, 0.15) is 239 Å². The number of aliphatic hydroxyl groups excluding tert-OH is 2. The Hall–Kier alpha value is -3.22. The van der Waals surface area contributed by atoms with Crippen LogP contribution in [0.2, 0.25) is 0 Å². The number of carbonyl (C=O) groups excluding carboxylic acids is 2. The number of allylic oxidation sites excluding steroid dienone is 15. The first-order chi connectivity index (χ1) is 32.0. The number of hydrogen-bond donors (Lipinski definition) is 3. The molecule has 65 heavy (non-hydrogen) atoms. The van der Waals surface area contributed by atoms with Gasteiger partial charge in [0.15, 0.2) is 0 Å². The molecule has 6 heteroatoms. The van der Waals surface area contributed by atoms with Crippen molar-refractivity contribution in [3.05, 3.63) is 97.2 Å². The third kappa shape index (κ3) is 47.1. The summed E-state index contributed by atoms with van der Waals surface area (Å²) in [6.07, 6.45) is 69.2. The van der Waals surface area contributed by atoms with Crippen LogP contribution in [-0.2, 0) is 14.3 Å². The van der Waals surface area contributed by atoms with Gasteiger partial charge in [-0.15, -0.1) is 0 Å². The Balaban J connectivity index is 4.72. The molecule has 0 bridgehead atoms. The van der Waals surface area contributed by atoms with Crippen LogP contribution >= 0.6 is 0 Å². The fourth-order valence-corrected chi connectivity index (χ4v) is 7.57. The Morgan fingerprint density at radius 2 is 0.862 bits per heavy atom. The summed E-state index contributed by atoms with van der Waals surface area (Å²) in [6.45, 7) is 6.30. The molecule has 0 aliphatic rings. The summed E-state index contributed by atoms with van der Waals surface area (Å²) in [7, 11) is 0. The molecule has 0 rings (SSSR count). The molecule has 0 aliphatic heterocycles. The summed E-state index contributed by atoms with van der Waals surface area (Å²) in [5.74, 6) is -0.647. The minimum Gasteiger partial charge on any atom is -0.458 e. The molecule has 0 saturated carbocycles. The number of unbranched alkanes of at least 4 members (excludes halogenated alkanes) is 21. The minimum absolute atomic E-state index is 0.0559. The van der Waals surface area contributed by atoms with Crippen LogP contribution in [0.15, 0.2) is 97.2 Å². The molecular formula is C59H101NO5. The van der Waals surface area contributed by atoms with Crippen molar-refractivity contribution in [1.29, 1.82) is 0 Å². The van der Waals surface area contributed by atoms with Crippen molar-refractivity contribution in [2.45, 2.75) is 257 Å². The van der Waals surface area contributed by atoms with Gasteiger partial charge in [-0.25, -0.2) is 0 Å². The second kappa shape index (κ2) is 51.8. The summed E-state index contributed by atoms with van der Waals surface area (Å²) in [6, 6.07) is -0.750. The number of amides is 1. The lowest BCUT2D eigenvalue weighted by molar-refractivity contribution is -0.148. The number of hydrogen-bond acceptors (Lipinski definition) is 5. The lowest BCUT2D eigenvalue weighted by Gasteiger charge is -2.23. The Bertz CT molecular complexity index is 1290. The minimum atomic E-state index is -0.826. The van der Waals surface area contributed by atoms with E-state index in [9.17, 15) is 19.8 Å². The standard InChI is InChI=1S/C59H101NO5/c1-4-7-10-13-16-19-22-25-27-28-29-30-31-34-37-40-43-46-49-52-59(64)65-55(50-47-44-41-38-35-33-26-23-20-17-14-11-8-5-2)53-58(63)60-56(54-61)57(62)51-48-45-42-39-36-32-24-21-18-15-12-9-6-3/h8,11,16-17,19-20,25-27,29-30,33,38,41,47,50,55-57,61-62H,4-7,9-10,12-15,18,21-24,28,31-32,34-37,39-40,42-46,48-49,51-54H2,1-3H3,(H,60,63)/b11-8+,19-16-,20-17+,27-25-,30-29-,33-26+,41-38+,50-47+. The SMILES string of the molecule is CC/C=C/C/C=C/C/C=C/C/C=C/C/C=C/C(CC(=O)NC(CO)C(O)CCCCCCCCCCCCCCC)OC(=O)CCCCCCCC/C=C\C/C=C\C/C=C\CCCCC. The molecule has 372 valence electrons. The van der Waals surface area contributed by atoms with E-state index < -0.39 is 18.2 Å². The molecule has 0 spiro atoms. The van der Waals surface area contributed by atoms with Crippen LogP contribution < -0.4 is 5.32 Å². The maximum Gasteiger partial charge on any atom is 0.306 e. The van der Waals surface area contributed by atoms with Crippen LogP contribution in [0, 0.1) is 0 Å². The third-order valence-electron chi connectivity index (χ3n) is 11.6. The average molecular weight is 904 g/mol. The Labute approximate surface area is 401 Å². The molecule has 0 aliphatic carbocycles. The van der Waals surface area contributed by atoms with E-state index in [4.69, 9.17) is 4.74 Å². The van der Waals surface area contributed by atoms with E-state index in [1.807, 2.05) is 6.08 Å². The van der Waals surface area contributed by atoms with Gasteiger partial charge < -0.3 is 20.3 Å². The molecule has 1 amide bonds. The van der Waals surface area contributed by atoms with Crippen molar-refractivity contribution < 1.29 is 24.5 Å². The van der Waals surface area contributed by atoms with E-state index in [0.717, 1.165) is 89.9 Å². The van der Waals surface area contributed by atoms with Gasteiger partial charge in [-0.05, 0) is 89.5 Å². The molecule has 3 N–H and O–H groups in total. The summed E-state index contributed by atoms with van der Waals surface area (Å²) < 4.78 is 5.83. The molecule has 6 nitrogen and oxygen atoms in total. The van der Waals surface area contributed by atoms with Gasteiger partial charge in [0.05, 0.1) is 25.2 Å². The fourth-order valence-electron chi connectivity index (χ4n) is 7.57. The monoisotopic (exact) mass is 904 g/mol. The molecule has 0 radical (unpaired) electrons. The first kappa shape index (κ1) is 61.8. The smallest absolute Gasteiger partial charge is 0.306 e. The van der Waals surface area contributed by atoms with Crippen LogP contribution in [0.3, 0.4) is 0 Å². The van der Waals surface area contributed by atoms with Crippen molar-refractivity contribution in [2.75, 3.05) is 6.61 Å². The fraction of sp³-hybridized carbons (Fsp3) is 0.695. The lowest BCUT2D eigenvalue weighted by Crippen LogP contribution is -2.46. The lowest BCUT2D eigenvalue weighted by atomic mass is 10.0. The Morgan fingerprint density at radius 1 is 0.477 bits per heavy atom. The van der Waals surface area contributed by atoms with E-state index >= 15 is 0 Å². The van der Waals surface area contributed by atoms with E-state index in [0.29, 0.717) is 19.3 Å². The van der Waals surface area contributed by atoms with Crippen molar-refractivity contribution in [1.82, 2.24) is 5.32 Å². The molecular weight excluding hydrogens is 803 g/mol. The highest BCUT2D eigenvalue weighted by Gasteiger charge is 2.23. The third-order valence-corrected chi connectivity index (χ3v) is 11.6. The van der Waals surface area contributed by atoms with Gasteiger partial charge in [-0.3, -0.25) is 9.59 Å². The summed E-state index contributed by atoms with van der Waals surface area (Å²) in [5.41, 5.74) is 0. The molecule has 0 aromatic heterocycles. The highest BCUT2D eigenvalue weighted by atomic mass is 16.5. The molecule has 0 aromatic carbocycles. The zero-order valence-electron chi connectivity index (χ0n) is 42.3. The van der Waals surface area contributed by atoms with Gasteiger partial charge in [0.1, 0.15) is 6.10 Å². The maximum absolute atomic E-state index is 13.2. The number of aliphatic hydroxyl groups is 2. The molecule has 0 aromatic rings. The zero-order chi connectivity index (χ0) is 47.4. The van der Waals surface area contributed by atoms with E-state index in [2.05, 4.69) is 111 Å². The van der Waals surface area contributed by atoms with Crippen molar-refractivity contribution >= 4 is 11.9 Å². The zero-order valence-corrected chi connectivity index (χ0v) is 42.3. The number of esters is 1. The van der Waals surface area contributed by atoms with Crippen molar-refractivity contribution in [2.24, 2.45) is 0 Å². The maximum atomic E-state index is 13.2. The topological polar surface area (TPSA) is 95.9 Å². The number of carbonyl (C=O) groups is 2. The summed E-state index contributed by atoms with van der Waals surface area (Å²) in [5, 5.41) is 23.7. The first-order valence-electron chi connectivity index (χ1n) is 27.0. The molecule has 3 unspecified atom stereocenters. The van der Waals surface area contributed by atoms with Crippen LogP contribution in [0.5, 0.6) is 0 Å².